The number of nitrogens with zero attached hydrogens (tertiary/aromatic N) is 1. The molecule has 0 aliphatic carbocycles. The van der Waals surface area contributed by atoms with Gasteiger partial charge in [-0.1, -0.05) is 29.8 Å². The summed E-state index contributed by atoms with van der Waals surface area (Å²) in [5, 5.41) is 1.14. The van der Waals surface area contributed by atoms with Crippen LogP contribution in [0.25, 0.3) is 10.2 Å². The van der Waals surface area contributed by atoms with Gasteiger partial charge in [0, 0.05) is 12.1 Å². The molecule has 0 radical (unpaired) electrons. The molecule has 0 spiro atoms. The van der Waals surface area contributed by atoms with Crippen molar-refractivity contribution in [3.8, 4) is 0 Å². The number of anilines is 1. The first kappa shape index (κ1) is 11.2. The lowest BCUT2D eigenvalue weighted by molar-refractivity contribution is 1.15. The second-order valence-electron chi connectivity index (χ2n) is 4.50. The summed E-state index contributed by atoms with van der Waals surface area (Å²) in [7, 11) is 0. The molecule has 18 heavy (non-hydrogen) atoms. The number of aromatic nitrogens is 1. The minimum Gasteiger partial charge on any atom is -0.399 e. The van der Waals surface area contributed by atoms with E-state index >= 15 is 0 Å². The van der Waals surface area contributed by atoms with Crippen LogP contribution in [0.4, 0.5) is 5.69 Å². The Morgan fingerprint density at radius 2 is 1.89 bits per heavy atom. The Bertz CT molecular complexity index is 683. The molecule has 0 amide bonds. The number of hydrogen-bond acceptors (Lipinski definition) is 3. The summed E-state index contributed by atoms with van der Waals surface area (Å²) in [5.74, 6) is 0. The van der Waals surface area contributed by atoms with E-state index in [4.69, 9.17) is 5.73 Å². The van der Waals surface area contributed by atoms with Gasteiger partial charge in [-0.15, -0.1) is 11.3 Å². The minimum absolute atomic E-state index is 0.799. The Balaban J connectivity index is 1.92. The highest BCUT2D eigenvalue weighted by atomic mass is 32.1. The first-order valence-corrected chi connectivity index (χ1v) is 6.73. The van der Waals surface area contributed by atoms with Crippen molar-refractivity contribution in [2.45, 2.75) is 13.3 Å². The van der Waals surface area contributed by atoms with Gasteiger partial charge in [0.05, 0.1) is 15.2 Å². The number of thiazole rings is 1. The van der Waals surface area contributed by atoms with Crippen LogP contribution in [0.5, 0.6) is 0 Å². The van der Waals surface area contributed by atoms with Crippen molar-refractivity contribution >= 4 is 27.2 Å². The molecule has 3 heteroatoms. The number of nitrogen functional groups attached to an aromatic ring is 1. The Morgan fingerprint density at radius 3 is 2.67 bits per heavy atom. The largest absolute Gasteiger partial charge is 0.399 e. The number of aryl methyl sites for hydroxylation is 1. The van der Waals surface area contributed by atoms with Gasteiger partial charge in [0.2, 0.25) is 0 Å². The topological polar surface area (TPSA) is 38.9 Å². The molecule has 0 saturated heterocycles. The molecule has 0 saturated carbocycles. The summed E-state index contributed by atoms with van der Waals surface area (Å²) < 4.78 is 1.16. The fraction of sp³-hybridized carbons (Fsp3) is 0.133. The van der Waals surface area contributed by atoms with Crippen LogP contribution in [0.1, 0.15) is 16.1 Å². The maximum Gasteiger partial charge on any atom is 0.0982 e. The molecule has 0 fully saturated rings. The van der Waals surface area contributed by atoms with E-state index in [2.05, 4.69) is 36.2 Å². The summed E-state index contributed by atoms with van der Waals surface area (Å²) in [6, 6.07) is 14.5. The van der Waals surface area contributed by atoms with Crippen molar-refractivity contribution in [2.75, 3.05) is 5.73 Å². The Morgan fingerprint density at radius 1 is 1.11 bits per heavy atom. The van der Waals surface area contributed by atoms with E-state index in [0.29, 0.717) is 0 Å². The van der Waals surface area contributed by atoms with E-state index in [-0.39, 0.29) is 0 Å². The summed E-state index contributed by atoms with van der Waals surface area (Å²) >= 11 is 1.72. The highest BCUT2D eigenvalue weighted by molar-refractivity contribution is 7.18. The first-order chi connectivity index (χ1) is 8.70. The molecule has 0 aliphatic rings. The van der Waals surface area contributed by atoms with Crippen LogP contribution in [0.2, 0.25) is 0 Å². The van der Waals surface area contributed by atoms with Gasteiger partial charge in [-0.2, -0.15) is 0 Å². The number of nitrogens with two attached hydrogens (primary N) is 1. The predicted molar refractivity (Wildman–Crippen MR) is 78.0 cm³/mol. The molecule has 2 N–H and O–H groups in total. The molecule has 1 aromatic heterocycles. The smallest absolute Gasteiger partial charge is 0.0982 e. The van der Waals surface area contributed by atoms with E-state index in [1.807, 2.05) is 18.2 Å². The number of hydrogen-bond donors (Lipinski definition) is 1. The van der Waals surface area contributed by atoms with E-state index < -0.39 is 0 Å². The highest BCUT2D eigenvalue weighted by Crippen LogP contribution is 2.25. The summed E-state index contributed by atoms with van der Waals surface area (Å²) in [6.07, 6.45) is 0.888. The SMILES string of the molecule is Cc1ccc(Cc2nc3ccc(N)cc3s2)cc1. The third kappa shape index (κ3) is 2.22. The zero-order chi connectivity index (χ0) is 12.5. The molecule has 2 aromatic carbocycles. The zero-order valence-electron chi connectivity index (χ0n) is 10.2. The van der Waals surface area contributed by atoms with Gasteiger partial charge in [-0.3, -0.25) is 0 Å². The maximum atomic E-state index is 5.78. The summed E-state index contributed by atoms with van der Waals surface area (Å²) in [4.78, 5) is 4.63. The number of fused-ring (bicyclic) bond motifs is 1. The molecule has 1 heterocycles. The van der Waals surface area contributed by atoms with E-state index in [0.717, 1.165) is 27.3 Å². The molecule has 0 unspecified atom stereocenters. The van der Waals surface area contributed by atoms with Crippen LogP contribution in [0.3, 0.4) is 0 Å². The van der Waals surface area contributed by atoms with Gasteiger partial charge < -0.3 is 5.73 Å². The summed E-state index contributed by atoms with van der Waals surface area (Å²) in [6.45, 7) is 2.10. The number of rotatable bonds is 2. The molecular formula is C15H14N2S. The van der Waals surface area contributed by atoms with Crippen LogP contribution in [-0.2, 0) is 6.42 Å². The van der Waals surface area contributed by atoms with Crippen molar-refractivity contribution < 1.29 is 0 Å². The van der Waals surface area contributed by atoms with Crippen LogP contribution in [0, 0.1) is 6.92 Å². The average molecular weight is 254 g/mol. The van der Waals surface area contributed by atoms with Crippen molar-refractivity contribution in [2.24, 2.45) is 0 Å². The highest BCUT2D eigenvalue weighted by Gasteiger charge is 2.05. The minimum atomic E-state index is 0.799. The third-order valence-corrected chi connectivity index (χ3v) is 3.95. The zero-order valence-corrected chi connectivity index (χ0v) is 11.0. The van der Waals surface area contributed by atoms with Crippen LogP contribution < -0.4 is 5.73 Å². The normalized spacial score (nSPS) is 10.9. The average Bonchev–Trinajstić information content (AvgIpc) is 2.73. The standard InChI is InChI=1S/C15H14N2S/c1-10-2-4-11(5-3-10)8-15-17-13-7-6-12(16)9-14(13)18-15/h2-7,9H,8,16H2,1H3. The van der Waals surface area contributed by atoms with Gasteiger partial charge in [0.1, 0.15) is 0 Å². The summed E-state index contributed by atoms with van der Waals surface area (Å²) in [5.41, 5.74) is 10.2. The molecule has 3 rings (SSSR count). The Kier molecular flexibility index (Phi) is 2.76. The van der Waals surface area contributed by atoms with Gasteiger partial charge in [0.25, 0.3) is 0 Å². The Hall–Kier alpha value is -1.87. The fourth-order valence-electron chi connectivity index (χ4n) is 1.95. The second kappa shape index (κ2) is 4.42. The van der Waals surface area contributed by atoms with E-state index in [1.165, 1.54) is 11.1 Å². The molecule has 0 aliphatic heterocycles. The second-order valence-corrected chi connectivity index (χ2v) is 5.61. The molecule has 0 bridgehead atoms. The lowest BCUT2D eigenvalue weighted by atomic mass is 10.1. The predicted octanol–water partition coefficient (Wildman–Crippen LogP) is 3.78. The van der Waals surface area contributed by atoms with Crippen LogP contribution in [-0.4, -0.2) is 4.98 Å². The van der Waals surface area contributed by atoms with Gasteiger partial charge >= 0.3 is 0 Å². The fourth-order valence-corrected chi connectivity index (χ4v) is 3.00. The van der Waals surface area contributed by atoms with Crippen LogP contribution in [0.15, 0.2) is 42.5 Å². The molecule has 2 nitrogen and oxygen atoms in total. The first-order valence-electron chi connectivity index (χ1n) is 5.91. The van der Waals surface area contributed by atoms with Crippen molar-refractivity contribution in [1.29, 1.82) is 0 Å². The molecule has 3 aromatic rings. The lowest BCUT2D eigenvalue weighted by Gasteiger charge is -1.98. The van der Waals surface area contributed by atoms with Crippen molar-refractivity contribution in [3.63, 3.8) is 0 Å². The van der Waals surface area contributed by atoms with E-state index in [9.17, 15) is 0 Å². The van der Waals surface area contributed by atoms with Gasteiger partial charge in [0.15, 0.2) is 0 Å². The molecule has 0 atom stereocenters. The van der Waals surface area contributed by atoms with E-state index in [1.54, 1.807) is 11.3 Å². The quantitative estimate of drug-likeness (QED) is 0.707. The Labute approximate surface area is 110 Å². The van der Waals surface area contributed by atoms with Gasteiger partial charge in [-0.05, 0) is 30.7 Å². The molecular weight excluding hydrogens is 240 g/mol. The van der Waals surface area contributed by atoms with Crippen molar-refractivity contribution in [3.05, 3.63) is 58.6 Å². The van der Waals surface area contributed by atoms with Crippen LogP contribution >= 0.6 is 11.3 Å². The third-order valence-electron chi connectivity index (χ3n) is 2.93. The maximum absolute atomic E-state index is 5.78. The number of benzene rings is 2. The van der Waals surface area contributed by atoms with Gasteiger partial charge in [-0.25, -0.2) is 4.98 Å². The lowest BCUT2D eigenvalue weighted by Crippen LogP contribution is -1.86. The monoisotopic (exact) mass is 254 g/mol. The van der Waals surface area contributed by atoms with Crippen molar-refractivity contribution in [1.82, 2.24) is 4.98 Å². The molecule has 90 valence electrons.